The fraction of sp³-hybridized carbons (Fsp3) is 0.368. The molecule has 4 nitrogen and oxygen atoms in total. The van der Waals surface area contributed by atoms with Gasteiger partial charge in [-0.1, -0.05) is 25.5 Å². The van der Waals surface area contributed by atoms with Crippen molar-refractivity contribution in [3.63, 3.8) is 0 Å². The highest BCUT2D eigenvalue weighted by Crippen LogP contribution is 2.28. The molecule has 1 atom stereocenters. The first-order valence-electron chi connectivity index (χ1n) is 7.90. The predicted molar refractivity (Wildman–Crippen MR) is 93.2 cm³/mol. The van der Waals surface area contributed by atoms with E-state index in [4.69, 9.17) is 9.47 Å². The Morgan fingerprint density at radius 1 is 1.04 bits per heavy atom. The van der Waals surface area contributed by atoms with Crippen molar-refractivity contribution in [2.45, 2.75) is 32.4 Å². The lowest BCUT2D eigenvalue weighted by Crippen LogP contribution is -2.11. The molecular formula is C19H25NO3. The number of aliphatic hydroxyl groups excluding tert-OH is 1. The summed E-state index contributed by atoms with van der Waals surface area (Å²) in [5.74, 6) is 1.56. The fourth-order valence-corrected chi connectivity index (χ4v) is 2.64. The third-order valence-electron chi connectivity index (χ3n) is 3.89. The molecule has 2 aromatic carbocycles. The maximum absolute atomic E-state index is 9.46. The average molecular weight is 315 g/mol. The second-order valence-corrected chi connectivity index (χ2v) is 5.44. The molecule has 0 aromatic heterocycles. The summed E-state index contributed by atoms with van der Waals surface area (Å²) in [6.07, 6.45) is 2.10. The number of rotatable bonds is 8. The molecule has 0 bridgehead atoms. The zero-order valence-corrected chi connectivity index (χ0v) is 14.0. The van der Waals surface area contributed by atoms with Crippen LogP contribution in [-0.2, 0) is 6.61 Å². The molecule has 0 spiro atoms. The standard InChI is InChI=1S/C19H25NO3/c1-4-5-18(14-6-9-17(22-2)10-7-14)20-16-8-11-19(23-3)15(12-16)13-21/h6-12,18,20-21H,4-5,13H2,1-3H3. The molecule has 4 heteroatoms. The van der Waals surface area contributed by atoms with Gasteiger partial charge in [0.15, 0.2) is 0 Å². The molecular weight excluding hydrogens is 290 g/mol. The third kappa shape index (κ3) is 4.39. The van der Waals surface area contributed by atoms with Crippen LogP contribution in [0.15, 0.2) is 42.5 Å². The monoisotopic (exact) mass is 315 g/mol. The molecule has 0 aliphatic heterocycles. The van der Waals surface area contributed by atoms with E-state index in [1.165, 1.54) is 5.56 Å². The van der Waals surface area contributed by atoms with Crippen LogP contribution in [0, 0.1) is 0 Å². The number of hydrogen-bond acceptors (Lipinski definition) is 4. The van der Waals surface area contributed by atoms with E-state index in [9.17, 15) is 5.11 Å². The second kappa shape index (κ2) is 8.44. The van der Waals surface area contributed by atoms with Gasteiger partial charge < -0.3 is 19.9 Å². The van der Waals surface area contributed by atoms with Crippen molar-refractivity contribution in [3.8, 4) is 11.5 Å². The Morgan fingerprint density at radius 3 is 2.35 bits per heavy atom. The number of aliphatic hydroxyl groups is 1. The van der Waals surface area contributed by atoms with Gasteiger partial charge in [-0.25, -0.2) is 0 Å². The Morgan fingerprint density at radius 2 is 1.78 bits per heavy atom. The van der Waals surface area contributed by atoms with Gasteiger partial charge in [0.2, 0.25) is 0 Å². The van der Waals surface area contributed by atoms with Crippen molar-refractivity contribution in [2.75, 3.05) is 19.5 Å². The molecule has 2 rings (SSSR count). The minimum Gasteiger partial charge on any atom is -0.497 e. The summed E-state index contributed by atoms with van der Waals surface area (Å²) in [7, 11) is 3.28. The normalized spacial score (nSPS) is 11.8. The second-order valence-electron chi connectivity index (χ2n) is 5.44. The number of benzene rings is 2. The van der Waals surface area contributed by atoms with Crippen molar-refractivity contribution >= 4 is 5.69 Å². The Hall–Kier alpha value is -2.20. The van der Waals surface area contributed by atoms with E-state index in [1.807, 2.05) is 30.3 Å². The van der Waals surface area contributed by atoms with E-state index in [1.54, 1.807) is 14.2 Å². The van der Waals surface area contributed by atoms with Gasteiger partial charge in [0, 0.05) is 11.3 Å². The van der Waals surface area contributed by atoms with Gasteiger partial charge >= 0.3 is 0 Å². The minimum absolute atomic E-state index is 0.0420. The van der Waals surface area contributed by atoms with Crippen LogP contribution in [-0.4, -0.2) is 19.3 Å². The molecule has 0 fully saturated rings. The molecule has 124 valence electrons. The van der Waals surface area contributed by atoms with Gasteiger partial charge in [0.05, 0.1) is 26.9 Å². The van der Waals surface area contributed by atoms with Gasteiger partial charge in [0.25, 0.3) is 0 Å². The molecule has 0 saturated carbocycles. The van der Waals surface area contributed by atoms with Crippen LogP contribution in [0.1, 0.15) is 36.9 Å². The Bertz CT molecular complexity index is 611. The van der Waals surface area contributed by atoms with Crippen LogP contribution in [0.2, 0.25) is 0 Å². The van der Waals surface area contributed by atoms with Gasteiger partial charge in [-0.3, -0.25) is 0 Å². The summed E-state index contributed by atoms with van der Waals surface area (Å²) in [6, 6.07) is 14.1. The lowest BCUT2D eigenvalue weighted by molar-refractivity contribution is 0.274. The number of anilines is 1. The Labute approximate surface area is 138 Å². The summed E-state index contributed by atoms with van der Waals surface area (Å²) >= 11 is 0. The zero-order chi connectivity index (χ0) is 16.7. The fourth-order valence-electron chi connectivity index (χ4n) is 2.64. The van der Waals surface area contributed by atoms with Gasteiger partial charge in [-0.05, 0) is 42.3 Å². The maximum Gasteiger partial charge on any atom is 0.124 e. The molecule has 0 amide bonds. The number of hydrogen-bond donors (Lipinski definition) is 2. The van der Waals surface area contributed by atoms with Crippen LogP contribution in [0.4, 0.5) is 5.69 Å². The lowest BCUT2D eigenvalue weighted by atomic mass is 10.0. The average Bonchev–Trinajstić information content (AvgIpc) is 2.61. The number of ether oxygens (including phenoxy) is 2. The SMILES string of the molecule is CCCC(Nc1ccc(OC)c(CO)c1)c1ccc(OC)cc1. The smallest absolute Gasteiger partial charge is 0.124 e. The Kier molecular flexibility index (Phi) is 6.29. The highest BCUT2D eigenvalue weighted by Gasteiger charge is 2.12. The highest BCUT2D eigenvalue weighted by atomic mass is 16.5. The first kappa shape index (κ1) is 17.2. The topological polar surface area (TPSA) is 50.7 Å². The first-order chi connectivity index (χ1) is 11.2. The zero-order valence-electron chi connectivity index (χ0n) is 14.0. The van der Waals surface area contributed by atoms with Crippen molar-refractivity contribution in [1.82, 2.24) is 0 Å². The molecule has 0 heterocycles. The minimum atomic E-state index is -0.0420. The van der Waals surface area contributed by atoms with Crippen LogP contribution in [0.5, 0.6) is 11.5 Å². The largest absolute Gasteiger partial charge is 0.497 e. The summed E-state index contributed by atoms with van der Waals surface area (Å²) in [6.45, 7) is 2.13. The molecule has 0 radical (unpaired) electrons. The van der Waals surface area contributed by atoms with Gasteiger partial charge in [-0.2, -0.15) is 0 Å². The molecule has 2 N–H and O–H groups in total. The molecule has 2 aromatic rings. The van der Waals surface area contributed by atoms with Crippen molar-refractivity contribution in [2.24, 2.45) is 0 Å². The predicted octanol–water partition coefficient (Wildman–Crippen LogP) is 4.15. The summed E-state index contributed by atoms with van der Waals surface area (Å²) < 4.78 is 10.5. The lowest BCUT2D eigenvalue weighted by Gasteiger charge is -2.21. The van der Waals surface area contributed by atoms with E-state index in [2.05, 4.69) is 24.4 Å². The Balaban J connectivity index is 2.21. The van der Waals surface area contributed by atoms with Crippen LogP contribution >= 0.6 is 0 Å². The van der Waals surface area contributed by atoms with E-state index < -0.39 is 0 Å². The molecule has 0 aliphatic rings. The quantitative estimate of drug-likeness (QED) is 0.768. The van der Waals surface area contributed by atoms with Crippen LogP contribution in [0.3, 0.4) is 0 Å². The summed E-state index contributed by atoms with van der Waals surface area (Å²) in [5, 5.41) is 13.0. The van der Waals surface area contributed by atoms with Crippen molar-refractivity contribution < 1.29 is 14.6 Å². The van der Waals surface area contributed by atoms with Gasteiger partial charge in [0.1, 0.15) is 11.5 Å². The van der Waals surface area contributed by atoms with Crippen molar-refractivity contribution in [3.05, 3.63) is 53.6 Å². The van der Waals surface area contributed by atoms with Crippen LogP contribution < -0.4 is 14.8 Å². The van der Waals surface area contributed by atoms with Crippen molar-refractivity contribution in [1.29, 1.82) is 0 Å². The number of nitrogens with one attached hydrogen (secondary N) is 1. The summed E-state index contributed by atoms with van der Waals surface area (Å²) in [4.78, 5) is 0. The number of methoxy groups -OCH3 is 2. The first-order valence-corrected chi connectivity index (χ1v) is 7.90. The highest BCUT2D eigenvalue weighted by molar-refractivity contribution is 5.52. The molecule has 0 saturated heterocycles. The summed E-state index contributed by atoms with van der Waals surface area (Å²) in [5.41, 5.74) is 2.97. The van der Waals surface area contributed by atoms with Crippen LogP contribution in [0.25, 0.3) is 0 Å². The van der Waals surface area contributed by atoms with E-state index in [0.29, 0.717) is 5.75 Å². The third-order valence-corrected chi connectivity index (χ3v) is 3.89. The maximum atomic E-state index is 9.46. The van der Waals surface area contributed by atoms with E-state index in [0.717, 1.165) is 29.8 Å². The molecule has 0 aliphatic carbocycles. The molecule has 23 heavy (non-hydrogen) atoms. The van der Waals surface area contributed by atoms with Gasteiger partial charge in [-0.15, -0.1) is 0 Å². The molecule has 1 unspecified atom stereocenters. The van der Waals surface area contributed by atoms with E-state index in [-0.39, 0.29) is 12.6 Å². The van der Waals surface area contributed by atoms with E-state index >= 15 is 0 Å².